The number of likely N-dealkylation sites (N-methyl/N-ethyl adjacent to an activating group) is 1. The van der Waals surface area contributed by atoms with Gasteiger partial charge in [-0.05, 0) is 18.6 Å². The average molecular weight is 161 g/mol. The third-order valence-corrected chi connectivity index (χ3v) is 3.14. The van der Waals surface area contributed by atoms with Gasteiger partial charge in [-0.2, -0.15) is 0 Å². The highest BCUT2D eigenvalue weighted by Gasteiger charge is 2.29. The van der Waals surface area contributed by atoms with Gasteiger partial charge in [0.1, 0.15) is 0 Å². The zero-order valence-electron chi connectivity index (χ0n) is 7.91. The molecule has 1 aliphatic heterocycles. The summed E-state index contributed by atoms with van der Waals surface area (Å²) < 4.78 is 0. The van der Waals surface area contributed by atoms with Gasteiger partial charge in [-0.15, -0.1) is 0 Å². The van der Waals surface area contributed by atoms with Gasteiger partial charge < -0.3 is 4.90 Å². The molecule has 0 radical (unpaired) electrons. The highest BCUT2D eigenvalue weighted by molar-refractivity contribution is 5.60. The Morgan fingerprint density at radius 1 is 1.17 bits per heavy atom. The molecular weight excluding hydrogens is 146 g/mol. The smallest absolute Gasteiger partial charge is 0.0402 e. The minimum Gasteiger partial charge on any atom is -0.371 e. The van der Waals surface area contributed by atoms with E-state index >= 15 is 0 Å². The normalized spacial score (nSPS) is 27.4. The van der Waals surface area contributed by atoms with Crippen LogP contribution >= 0.6 is 0 Å². The van der Waals surface area contributed by atoms with Crippen LogP contribution in [0.2, 0.25) is 0 Å². The molecule has 0 bridgehead atoms. The minimum atomic E-state index is 0.641. The molecule has 1 aromatic carbocycles. The first-order valence-corrected chi connectivity index (χ1v) is 4.53. The maximum Gasteiger partial charge on any atom is 0.0402 e. The molecule has 0 saturated heterocycles. The van der Waals surface area contributed by atoms with Gasteiger partial charge in [-0.1, -0.05) is 25.1 Å². The summed E-state index contributed by atoms with van der Waals surface area (Å²) in [5, 5.41) is 0. The molecule has 0 saturated carbocycles. The maximum absolute atomic E-state index is 2.36. The van der Waals surface area contributed by atoms with E-state index in [4.69, 9.17) is 0 Å². The van der Waals surface area contributed by atoms with Gasteiger partial charge in [0.15, 0.2) is 0 Å². The molecule has 64 valence electrons. The summed E-state index contributed by atoms with van der Waals surface area (Å²) in [6, 6.07) is 9.32. The van der Waals surface area contributed by atoms with Crippen LogP contribution in [0.25, 0.3) is 0 Å². The van der Waals surface area contributed by atoms with E-state index in [1.807, 2.05) is 0 Å². The van der Waals surface area contributed by atoms with Gasteiger partial charge in [0.05, 0.1) is 0 Å². The fraction of sp³-hybridized carbons (Fsp3) is 0.455. The summed E-state index contributed by atoms with van der Waals surface area (Å²) in [7, 11) is 2.17. The Balaban J connectivity index is 2.52. The van der Waals surface area contributed by atoms with Crippen molar-refractivity contribution in [3.63, 3.8) is 0 Å². The van der Waals surface area contributed by atoms with Crippen molar-refractivity contribution in [1.29, 1.82) is 0 Å². The topological polar surface area (TPSA) is 3.24 Å². The van der Waals surface area contributed by atoms with Crippen molar-refractivity contribution >= 4 is 5.69 Å². The van der Waals surface area contributed by atoms with Gasteiger partial charge in [-0.3, -0.25) is 0 Å². The van der Waals surface area contributed by atoms with Crippen molar-refractivity contribution in [1.82, 2.24) is 0 Å². The molecule has 1 heterocycles. The number of benzene rings is 1. The Labute approximate surface area is 74.0 Å². The number of para-hydroxylation sites is 1. The molecule has 1 aliphatic rings. The number of fused-ring (bicyclic) bond motifs is 1. The largest absolute Gasteiger partial charge is 0.371 e. The van der Waals surface area contributed by atoms with Crippen LogP contribution in [-0.2, 0) is 0 Å². The van der Waals surface area contributed by atoms with Crippen molar-refractivity contribution in [3.05, 3.63) is 29.8 Å². The second kappa shape index (κ2) is 2.51. The first-order valence-electron chi connectivity index (χ1n) is 4.53. The van der Waals surface area contributed by atoms with E-state index in [0.29, 0.717) is 12.0 Å². The van der Waals surface area contributed by atoms with Crippen LogP contribution in [0.4, 0.5) is 5.69 Å². The van der Waals surface area contributed by atoms with E-state index < -0.39 is 0 Å². The van der Waals surface area contributed by atoms with E-state index in [0.717, 1.165) is 0 Å². The molecule has 2 rings (SSSR count). The van der Waals surface area contributed by atoms with Crippen LogP contribution in [0.5, 0.6) is 0 Å². The molecule has 1 heteroatoms. The van der Waals surface area contributed by atoms with Crippen molar-refractivity contribution in [3.8, 4) is 0 Å². The molecule has 0 aliphatic carbocycles. The third kappa shape index (κ3) is 0.857. The zero-order chi connectivity index (χ0) is 8.72. The Hall–Kier alpha value is -0.980. The summed E-state index contributed by atoms with van der Waals surface area (Å²) in [4.78, 5) is 2.36. The first-order chi connectivity index (χ1) is 5.72. The van der Waals surface area contributed by atoms with Crippen LogP contribution in [-0.4, -0.2) is 13.1 Å². The number of hydrogen-bond acceptors (Lipinski definition) is 1. The maximum atomic E-state index is 2.36. The monoisotopic (exact) mass is 161 g/mol. The Kier molecular flexibility index (Phi) is 1.60. The molecule has 12 heavy (non-hydrogen) atoms. The van der Waals surface area contributed by atoms with Crippen LogP contribution in [0, 0.1) is 0 Å². The molecule has 1 nitrogen and oxygen atoms in total. The van der Waals surface area contributed by atoms with Gasteiger partial charge in [0, 0.05) is 24.7 Å². The Morgan fingerprint density at radius 2 is 1.83 bits per heavy atom. The van der Waals surface area contributed by atoms with Crippen LogP contribution < -0.4 is 4.90 Å². The van der Waals surface area contributed by atoms with Crippen LogP contribution in [0.3, 0.4) is 0 Å². The number of hydrogen-bond donors (Lipinski definition) is 0. The second-order valence-corrected chi connectivity index (χ2v) is 3.70. The zero-order valence-corrected chi connectivity index (χ0v) is 7.91. The lowest BCUT2D eigenvalue weighted by Gasteiger charge is -2.20. The second-order valence-electron chi connectivity index (χ2n) is 3.70. The number of nitrogens with zero attached hydrogens (tertiary/aromatic N) is 1. The molecule has 0 spiro atoms. The summed E-state index contributed by atoms with van der Waals surface area (Å²) in [5.41, 5.74) is 2.89. The molecule has 0 amide bonds. The quantitative estimate of drug-likeness (QED) is 0.565. The van der Waals surface area contributed by atoms with Crippen LogP contribution in [0.1, 0.15) is 25.3 Å². The van der Waals surface area contributed by atoms with E-state index in [1.165, 1.54) is 11.3 Å². The molecule has 0 N–H and O–H groups in total. The molecule has 0 fully saturated rings. The van der Waals surface area contributed by atoms with E-state index in [9.17, 15) is 0 Å². The van der Waals surface area contributed by atoms with Crippen molar-refractivity contribution < 1.29 is 0 Å². The standard InChI is InChI=1S/C11H15N/c1-8-9(2)12(3)11-7-5-4-6-10(8)11/h4-9H,1-3H3/t8-,9-/m0/s1. The van der Waals surface area contributed by atoms with Gasteiger partial charge in [-0.25, -0.2) is 0 Å². The number of anilines is 1. The Morgan fingerprint density at radius 3 is 2.50 bits per heavy atom. The predicted octanol–water partition coefficient (Wildman–Crippen LogP) is 2.63. The third-order valence-electron chi connectivity index (χ3n) is 3.14. The van der Waals surface area contributed by atoms with E-state index in [1.54, 1.807) is 0 Å². The first kappa shape index (κ1) is 7.66. The molecule has 0 unspecified atom stereocenters. The lowest BCUT2D eigenvalue weighted by Crippen LogP contribution is -2.25. The van der Waals surface area contributed by atoms with Crippen molar-refractivity contribution in [2.75, 3.05) is 11.9 Å². The SMILES string of the molecule is C[C@@H]1c2ccccc2N(C)[C@H]1C. The highest BCUT2D eigenvalue weighted by Crippen LogP contribution is 2.38. The molecular formula is C11H15N. The van der Waals surface area contributed by atoms with E-state index in [2.05, 4.69) is 50.1 Å². The number of rotatable bonds is 0. The van der Waals surface area contributed by atoms with E-state index in [-0.39, 0.29) is 0 Å². The minimum absolute atomic E-state index is 0.641. The van der Waals surface area contributed by atoms with Gasteiger partial charge in [0.2, 0.25) is 0 Å². The molecule has 0 aromatic heterocycles. The van der Waals surface area contributed by atoms with Gasteiger partial charge in [0.25, 0.3) is 0 Å². The molecule has 1 aromatic rings. The lowest BCUT2D eigenvalue weighted by molar-refractivity contribution is 0.626. The highest BCUT2D eigenvalue weighted by atomic mass is 15.2. The summed E-state index contributed by atoms with van der Waals surface area (Å²) in [6.45, 7) is 4.58. The fourth-order valence-corrected chi connectivity index (χ4v) is 2.01. The lowest BCUT2D eigenvalue weighted by atomic mass is 9.99. The van der Waals surface area contributed by atoms with Gasteiger partial charge >= 0.3 is 0 Å². The summed E-state index contributed by atoms with van der Waals surface area (Å²) in [6.07, 6.45) is 0. The summed E-state index contributed by atoms with van der Waals surface area (Å²) >= 11 is 0. The molecule has 2 atom stereocenters. The Bertz CT molecular complexity index is 264. The van der Waals surface area contributed by atoms with Crippen LogP contribution in [0.15, 0.2) is 24.3 Å². The fourth-order valence-electron chi connectivity index (χ4n) is 2.01. The summed E-state index contributed by atoms with van der Waals surface area (Å²) in [5.74, 6) is 0.672. The van der Waals surface area contributed by atoms with Crippen molar-refractivity contribution in [2.24, 2.45) is 0 Å². The average Bonchev–Trinajstić information content (AvgIpc) is 2.33. The van der Waals surface area contributed by atoms with Crippen molar-refractivity contribution in [2.45, 2.75) is 25.8 Å². The predicted molar refractivity (Wildman–Crippen MR) is 52.7 cm³/mol.